The van der Waals surface area contributed by atoms with Crippen LogP contribution in [-0.2, 0) is 5.41 Å². The smallest absolute Gasteiger partial charge is 0.271 e. The van der Waals surface area contributed by atoms with Crippen LogP contribution in [0.2, 0.25) is 0 Å². The molecular formula is C23H26N4O. The first-order valence-electron chi connectivity index (χ1n) is 9.30. The minimum Gasteiger partial charge on any atom is -0.318 e. The van der Waals surface area contributed by atoms with Crippen molar-refractivity contribution >= 4 is 12.1 Å². The Balaban J connectivity index is 1.79. The number of pyridine rings is 1. The van der Waals surface area contributed by atoms with Gasteiger partial charge in [0.05, 0.1) is 6.21 Å². The van der Waals surface area contributed by atoms with Crippen LogP contribution in [-0.4, -0.2) is 21.7 Å². The van der Waals surface area contributed by atoms with Crippen LogP contribution in [0.3, 0.4) is 0 Å². The molecule has 0 bridgehead atoms. The molecule has 3 rings (SSSR count). The summed E-state index contributed by atoms with van der Waals surface area (Å²) >= 11 is 0. The zero-order chi connectivity index (χ0) is 20.3. The summed E-state index contributed by atoms with van der Waals surface area (Å²) in [5.41, 5.74) is 8.78. The topological polar surface area (TPSA) is 59.3 Å². The van der Waals surface area contributed by atoms with E-state index in [0.717, 1.165) is 22.6 Å². The normalized spacial score (nSPS) is 11.8. The highest BCUT2D eigenvalue weighted by atomic mass is 16.2. The Morgan fingerprint density at radius 3 is 2.32 bits per heavy atom. The highest BCUT2D eigenvalue weighted by Gasteiger charge is 2.14. The van der Waals surface area contributed by atoms with Crippen LogP contribution in [0.15, 0.2) is 60.0 Å². The van der Waals surface area contributed by atoms with Gasteiger partial charge < -0.3 is 4.57 Å². The number of nitrogens with one attached hydrogen (secondary N) is 1. The molecule has 5 heteroatoms. The van der Waals surface area contributed by atoms with Crippen molar-refractivity contribution in [3.8, 4) is 5.69 Å². The second-order valence-electron chi connectivity index (χ2n) is 7.89. The molecule has 2 aromatic heterocycles. The Kier molecular flexibility index (Phi) is 5.45. The highest BCUT2D eigenvalue weighted by Crippen LogP contribution is 2.25. The summed E-state index contributed by atoms with van der Waals surface area (Å²) in [7, 11) is 0. The molecule has 0 saturated heterocycles. The van der Waals surface area contributed by atoms with Gasteiger partial charge in [0.2, 0.25) is 0 Å². The Bertz CT molecular complexity index is 994. The molecule has 1 amide bonds. The molecule has 144 valence electrons. The zero-order valence-electron chi connectivity index (χ0n) is 17.0. The van der Waals surface area contributed by atoms with E-state index in [9.17, 15) is 4.79 Å². The van der Waals surface area contributed by atoms with Crippen molar-refractivity contribution in [2.45, 2.75) is 40.0 Å². The number of hydrazone groups is 1. The number of amides is 1. The molecule has 0 aliphatic heterocycles. The number of benzene rings is 1. The number of aryl methyl sites for hydroxylation is 1. The van der Waals surface area contributed by atoms with E-state index in [0.29, 0.717) is 5.56 Å². The van der Waals surface area contributed by atoms with E-state index in [4.69, 9.17) is 0 Å². The number of carbonyl (C=O) groups is 1. The highest BCUT2D eigenvalue weighted by molar-refractivity contribution is 5.94. The van der Waals surface area contributed by atoms with Gasteiger partial charge in [0.15, 0.2) is 0 Å². The molecule has 0 atom stereocenters. The third-order valence-electron chi connectivity index (χ3n) is 4.77. The molecule has 0 aliphatic carbocycles. The largest absolute Gasteiger partial charge is 0.318 e. The number of hydrogen-bond acceptors (Lipinski definition) is 3. The molecule has 1 aromatic carbocycles. The van der Waals surface area contributed by atoms with Crippen molar-refractivity contribution < 1.29 is 4.79 Å². The third-order valence-corrected chi connectivity index (χ3v) is 4.77. The second-order valence-corrected chi connectivity index (χ2v) is 7.89. The minimum atomic E-state index is -0.259. The first-order valence-corrected chi connectivity index (χ1v) is 9.30. The van der Waals surface area contributed by atoms with Crippen molar-refractivity contribution in [2.24, 2.45) is 5.10 Å². The summed E-state index contributed by atoms with van der Waals surface area (Å²) in [6.45, 7) is 10.8. The van der Waals surface area contributed by atoms with Crippen molar-refractivity contribution in [1.29, 1.82) is 0 Å². The van der Waals surface area contributed by atoms with Gasteiger partial charge in [-0.1, -0.05) is 32.9 Å². The monoisotopic (exact) mass is 374 g/mol. The van der Waals surface area contributed by atoms with Gasteiger partial charge in [0.1, 0.15) is 0 Å². The lowest BCUT2D eigenvalue weighted by Gasteiger charge is -2.20. The second kappa shape index (κ2) is 7.80. The lowest BCUT2D eigenvalue weighted by atomic mass is 9.87. The average Bonchev–Trinajstić information content (AvgIpc) is 2.95. The lowest BCUT2D eigenvalue weighted by molar-refractivity contribution is 0.0955. The molecule has 0 radical (unpaired) electrons. The van der Waals surface area contributed by atoms with E-state index in [1.54, 1.807) is 30.7 Å². The van der Waals surface area contributed by atoms with Crippen LogP contribution in [0.4, 0.5) is 0 Å². The molecule has 2 heterocycles. The molecule has 3 aromatic rings. The summed E-state index contributed by atoms with van der Waals surface area (Å²) in [5, 5.41) is 4.11. The first-order chi connectivity index (χ1) is 13.3. The number of hydrogen-bond donors (Lipinski definition) is 1. The van der Waals surface area contributed by atoms with Gasteiger partial charge in [-0.05, 0) is 55.2 Å². The fourth-order valence-corrected chi connectivity index (χ4v) is 3.15. The average molecular weight is 374 g/mol. The Morgan fingerprint density at radius 1 is 1.07 bits per heavy atom. The van der Waals surface area contributed by atoms with Crippen LogP contribution in [0.5, 0.6) is 0 Å². The minimum absolute atomic E-state index is 0.129. The van der Waals surface area contributed by atoms with E-state index >= 15 is 0 Å². The maximum absolute atomic E-state index is 12.1. The molecule has 28 heavy (non-hydrogen) atoms. The van der Waals surface area contributed by atoms with Gasteiger partial charge in [-0.25, -0.2) is 5.43 Å². The Morgan fingerprint density at radius 2 is 1.71 bits per heavy atom. The molecule has 5 nitrogen and oxygen atoms in total. The number of carbonyl (C=O) groups excluding carboxylic acids is 1. The predicted octanol–water partition coefficient (Wildman–Crippen LogP) is 4.55. The van der Waals surface area contributed by atoms with Crippen LogP contribution < -0.4 is 5.43 Å². The lowest BCUT2D eigenvalue weighted by Crippen LogP contribution is -2.17. The molecule has 0 saturated carbocycles. The van der Waals surface area contributed by atoms with Gasteiger partial charge in [0, 0.05) is 40.6 Å². The van der Waals surface area contributed by atoms with Gasteiger partial charge in [-0.15, -0.1) is 0 Å². The Labute approximate surface area is 166 Å². The molecule has 0 aliphatic rings. The summed E-state index contributed by atoms with van der Waals surface area (Å²) in [4.78, 5) is 16.0. The molecule has 1 N–H and O–H groups in total. The zero-order valence-corrected chi connectivity index (χ0v) is 17.0. The fraction of sp³-hybridized carbons (Fsp3) is 0.261. The van der Waals surface area contributed by atoms with E-state index in [-0.39, 0.29) is 11.3 Å². The van der Waals surface area contributed by atoms with E-state index in [1.165, 1.54) is 5.56 Å². The Hall–Kier alpha value is -3.21. The van der Waals surface area contributed by atoms with Gasteiger partial charge in [-0.2, -0.15) is 5.10 Å². The number of aromatic nitrogens is 2. The summed E-state index contributed by atoms with van der Waals surface area (Å²) < 4.78 is 2.19. The van der Waals surface area contributed by atoms with Gasteiger partial charge in [-0.3, -0.25) is 9.78 Å². The van der Waals surface area contributed by atoms with Crippen molar-refractivity contribution in [3.05, 3.63) is 82.9 Å². The van der Waals surface area contributed by atoms with Gasteiger partial charge in [0.25, 0.3) is 5.91 Å². The molecule has 0 unspecified atom stereocenters. The van der Waals surface area contributed by atoms with Crippen molar-refractivity contribution in [1.82, 2.24) is 15.0 Å². The summed E-state index contributed by atoms with van der Waals surface area (Å²) in [5.74, 6) is -0.259. The molecule has 0 fully saturated rings. The quantitative estimate of drug-likeness (QED) is 0.538. The molecule has 0 spiro atoms. The SMILES string of the molecule is Cc1cc(/C=N\NC(=O)c2ccncc2)c(C)n1-c1ccc(C(C)(C)C)cc1. The number of nitrogens with zero attached hydrogens (tertiary/aromatic N) is 3. The van der Waals surface area contributed by atoms with Crippen LogP contribution in [0, 0.1) is 13.8 Å². The predicted molar refractivity (Wildman–Crippen MR) is 113 cm³/mol. The van der Waals surface area contributed by atoms with E-state index in [2.05, 4.69) is 85.0 Å². The number of rotatable bonds is 4. The molecular weight excluding hydrogens is 348 g/mol. The van der Waals surface area contributed by atoms with Gasteiger partial charge >= 0.3 is 0 Å². The van der Waals surface area contributed by atoms with Crippen LogP contribution in [0.25, 0.3) is 5.69 Å². The van der Waals surface area contributed by atoms with Crippen LogP contribution >= 0.6 is 0 Å². The van der Waals surface area contributed by atoms with Crippen LogP contribution in [0.1, 0.15) is 53.6 Å². The van der Waals surface area contributed by atoms with E-state index in [1.807, 2.05) is 0 Å². The fourth-order valence-electron chi connectivity index (χ4n) is 3.15. The van der Waals surface area contributed by atoms with Crippen molar-refractivity contribution in [2.75, 3.05) is 0 Å². The maximum Gasteiger partial charge on any atom is 0.271 e. The first kappa shape index (κ1) is 19.5. The van der Waals surface area contributed by atoms with E-state index < -0.39 is 0 Å². The van der Waals surface area contributed by atoms with Crippen molar-refractivity contribution in [3.63, 3.8) is 0 Å². The maximum atomic E-state index is 12.1. The summed E-state index contributed by atoms with van der Waals surface area (Å²) in [6.07, 6.45) is 4.84. The third kappa shape index (κ3) is 4.19. The summed E-state index contributed by atoms with van der Waals surface area (Å²) in [6, 6.07) is 14.0. The standard InChI is InChI=1S/C23H26N4O/c1-16-14-19(15-25-26-22(28)18-10-12-24-13-11-18)17(2)27(16)21-8-6-20(7-9-21)23(3,4)5/h6-15H,1-5H3,(H,26,28)/b25-15-.